The first kappa shape index (κ1) is 12.6. The zero-order valence-electron chi connectivity index (χ0n) is 9.92. The molecule has 1 aliphatic rings. The standard InChI is InChI=1S/C12H17ClFN3/c1-8-4-2-3-5-9(8)6-15-11-10(14)7-16-12(13)17-11/h7-9H,2-6H2,1H3,(H,15,16,17). The molecule has 1 saturated carbocycles. The summed E-state index contributed by atoms with van der Waals surface area (Å²) in [6.45, 7) is 3.01. The van der Waals surface area contributed by atoms with E-state index in [4.69, 9.17) is 11.6 Å². The van der Waals surface area contributed by atoms with Crippen molar-refractivity contribution in [2.75, 3.05) is 11.9 Å². The lowest BCUT2D eigenvalue weighted by atomic mass is 9.80. The van der Waals surface area contributed by atoms with Crippen LogP contribution in [0.4, 0.5) is 10.2 Å². The third-order valence-corrected chi connectivity index (χ3v) is 3.72. The van der Waals surface area contributed by atoms with E-state index in [0.717, 1.165) is 12.7 Å². The molecule has 0 radical (unpaired) electrons. The average molecular weight is 258 g/mol. The minimum absolute atomic E-state index is 0.0746. The first-order valence-electron chi connectivity index (χ1n) is 6.08. The van der Waals surface area contributed by atoms with Gasteiger partial charge >= 0.3 is 0 Å². The Bertz CT molecular complexity index is 386. The Morgan fingerprint density at radius 2 is 2.24 bits per heavy atom. The van der Waals surface area contributed by atoms with Crippen LogP contribution in [0.1, 0.15) is 32.6 Å². The molecule has 0 bridgehead atoms. The lowest BCUT2D eigenvalue weighted by Gasteiger charge is -2.28. The van der Waals surface area contributed by atoms with Crippen LogP contribution in [0.25, 0.3) is 0 Å². The van der Waals surface area contributed by atoms with Gasteiger partial charge < -0.3 is 5.32 Å². The summed E-state index contributed by atoms with van der Waals surface area (Å²) in [7, 11) is 0. The van der Waals surface area contributed by atoms with Crippen LogP contribution in [0, 0.1) is 17.7 Å². The van der Waals surface area contributed by atoms with Crippen molar-refractivity contribution in [3.63, 3.8) is 0 Å². The SMILES string of the molecule is CC1CCCCC1CNc1nc(Cl)ncc1F. The molecule has 0 spiro atoms. The predicted molar refractivity (Wildman–Crippen MR) is 66.6 cm³/mol. The predicted octanol–water partition coefficient (Wildman–Crippen LogP) is 3.51. The summed E-state index contributed by atoms with van der Waals surface area (Å²) < 4.78 is 13.4. The monoisotopic (exact) mass is 257 g/mol. The van der Waals surface area contributed by atoms with Crippen molar-refractivity contribution in [2.24, 2.45) is 11.8 Å². The third-order valence-electron chi connectivity index (χ3n) is 3.54. The molecule has 2 unspecified atom stereocenters. The Morgan fingerprint density at radius 1 is 1.47 bits per heavy atom. The van der Waals surface area contributed by atoms with Gasteiger partial charge in [-0.2, -0.15) is 4.98 Å². The second-order valence-electron chi connectivity index (χ2n) is 4.74. The van der Waals surface area contributed by atoms with Gasteiger partial charge in [0, 0.05) is 6.54 Å². The first-order valence-corrected chi connectivity index (χ1v) is 6.46. The van der Waals surface area contributed by atoms with Crippen LogP contribution in [0.3, 0.4) is 0 Å². The molecular weight excluding hydrogens is 241 g/mol. The summed E-state index contributed by atoms with van der Waals surface area (Å²) in [5.41, 5.74) is 0. The molecule has 0 aliphatic heterocycles. The molecule has 17 heavy (non-hydrogen) atoms. The molecule has 0 saturated heterocycles. The van der Waals surface area contributed by atoms with Crippen molar-refractivity contribution in [1.29, 1.82) is 0 Å². The van der Waals surface area contributed by atoms with Crippen molar-refractivity contribution < 1.29 is 4.39 Å². The number of aromatic nitrogens is 2. The van der Waals surface area contributed by atoms with Gasteiger partial charge in [0.2, 0.25) is 5.28 Å². The fourth-order valence-corrected chi connectivity index (χ4v) is 2.53. The zero-order chi connectivity index (χ0) is 12.3. The Balaban J connectivity index is 1.94. The normalized spacial score (nSPS) is 24.6. The summed E-state index contributed by atoms with van der Waals surface area (Å²) in [5, 5.41) is 3.12. The second-order valence-corrected chi connectivity index (χ2v) is 5.08. The Hall–Kier alpha value is -0.900. The van der Waals surface area contributed by atoms with Gasteiger partial charge in [-0.1, -0.05) is 26.2 Å². The van der Waals surface area contributed by atoms with Gasteiger partial charge in [0.25, 0.3) is 0 Å². The molecule has 1 aromatic rings. The minimum Gasteiger partial charge on any atom is -0.367 e. The number of hydrogen-bond donors (Lipinski definition) is 1. The van der Waals surface area contributed by atoms with Crippen LogP contribution in [0.2, 0.25) is 5.28 Å². The second kappa shape index (κ2) is 5.63. The molecule has 2 atom stereocenters. The number of nitrogens with zero attached hydrogens (tertiary/aromatic N) is 2. The largest absolute Gasteiger partial charge is 0.367 e. The topological polar surface area (TPSA) is 37.8 Å². The van der Waals surface area contributed by atoms with Gasteiger partial charge in [-0.25, -0.2) is 9.37 Å². The molecule has 0 aromatic carbocycles. The summed E-state index contributed by atoms with van der Waals surface area (Å²) >= 11 is 5.64. The molecule has 0 amide bonds. The van der Waals surface area contributed by atoms with Crippen LogP contribution in [-0.2, 0) is 0 Å². The van der Waals surface area contributed by atoms with Crippen molar-refractivity contribution in [3.8, 4) is 0 Å². The van der Waals surface area contributed by atoms with Crippen LogP contribution < -0.4 is 5.32 Å². The third kappa shape index (κ3) is 3.28. The van der Waals surface area contributed by atoms with E-state index in [-0.39, 0.29) is 11.1 Å². The number of halogens is 2. The van der Waals surface area contributed by atoms with Gasteiger partial charge in [0.15, 0.2) is 11.6 Å². The Kier molecular flexibility index (Phi) is 4.15. The van der Waals surface area contributed by atoms with Crippen LogP contribution in [0.5, 0.6) is 0 Å². The fraction of sp³-hybridized carbons (Fsp3) is 0.667. The number of hydrogen-bond acceptors (Lipinski definition) is 3. The fourth-order valence-electron chi connectivity index (χ4n) is 2.39. The molecular formula is C12H17ClFN3. The van der Waals surface area contributed by atoms with Gasteiger partial charge in [-0.15, -0.1) is 0 Å². The molecule has 1 fully saturated rings. The minimum atomic E-state index is -0.446. The zero-order valence-corrected chi connectivity index (χ0v) is 10.7. The molecule has 2 rings (SSSR count). The van der Waals surface area contributed by atoms with E-state index in [1.165, 1.54) is 25.7 Å². The van der Waals surface area contributed by atoms with Crippen molar-refractivity contribution in [3.05, 3.63) is 17.3 Å². The van der Waals surface area contributed by atoms with Crippen molar-refractivity contribution in [2.45, 2.75) is 32.6 Å². The van der Waals surface area contributed by atoms with E-state index in [0.29, 0.717) is 11.8 Å². The lowest BCUT2D eigenvalue weighted by Crippen LogP contribution is -2.25. The molecule has 1 aliphatic carbocycles. The maximum absolute atomic E-state index is 13.4. The van der Waals surface area contributed by atoms with Crippen LogP contribution in [0.15, 0.2) is 6.20 Å². The Morgan fingerprint density at radius 3 is 3.00 bits per heavy atom. The summed E-state index contributed by atoms with van der Waals surface area (Å²) in [6.07, 6.45) is 6.14. The smallest absolute Gasteiger partial charge is 0.224 e. The highest BCUT2D eigenvalue weighted by atomic mass is 35.5. The summed E-state index contributed by atoms with van der Waals surface area (Å²) in [5.74, 6) is 1.05. The molecule has 5 heteroatoms. The highest BCUT2D eigenvalue weighted by Gasteiger charge is 2.21. The summed E-state index contributed by atoms with van der Waals surface area (Å²) in [4.78, 5) is 7.44. The maximum atomic E-state index is 13.4. The lowest BCUT2D eigenvalue weighted by molar-refractivity contribution is 0.268. The van der Waals surface area contributed by atoms with Gasteiger partial charge in [-0.3, -0.25) is 0 Å². The van der Waals surface area contributed by atoms with E-state index in [1.807, 2.05) is 0 Å². The van der Waals surface area contributed by atoms with Gasteiger partial charge in [0.05, 0.1) is 6.20 Å². The Labute approximate surface area is 106 Å². The van der Waals surface area contributed by atoms with E-state index < -0.39 is 5.82 Å². The van der Waals surface area contributed by atoms with Gasteiger partial charge in [-0.05, 0) is 29.9 Å². The van der Waals surface area contributed by atoms with Crippen LogP contribution >= 0.6 is 11.6 Å². The highest BCUT2D eigenvalue weighted by Crippen LogP contribution is 2.29. The number of anilines is 1. The molecule has 3 nitrogen and oxygen atoms in total. The molecule has 1 N–H and O–H groups in total. The van der Waals surface area contributed by atoms with E-state index in [2.05, 4.69) is 22.2 Å². The van der Waals surface area contributed by atoms with E-state index in [9.17, 15) is 4.39 Å². The average Bonchev–Trinajstić information content (AvgIpc) is 2.32. The van der Waals surface area contributed by atoms with Crippen molar-refractivity contribution in [1.82, 2.24) is 9.97 Å². The quantitative estimate of drug-likeness (QED) is 0.842. The molecule has 1 aromatic heterocycles. The maximum Gasteiger partial charge on any atom is 0.224 e. The van der Waals surface area contributed by atoms with E-state index >= 15 is 0 Å². The first-order chi connectivity index (χ1) is 8.16. The number of nitrogens with one attached hydrogen (secondary N) is 1. The molecule has 1 heterocycles. The van der Waals surface area contributed by atoms with Gasteiger partial charge in [0.1, 0.15) is 0 Å². The summed E-state index contributed by atoms with van der Waals surface area (Å²) in [6, 6.07) is 0. The van der Waals surface area contributed by atoms with Crippen LogP contribution in [-0.4, -0.2) is 16.5 Å². The molecule has 94 valence electrons. The van der Waals surface area contributed by atoms with E-state index in [1.54, 1.807) is 0 Å². The van der Waals surface area contributed by atoms with Crippen molar-refractivity contribution >= 4 is 17.4 Å². The number of rotatable bonds is 3. The highest BCUT2D eigenvalue weighted by molar-refractivity contribution is 6.28.